The van der Waals surface area contributed by atoms with Gasteiger partial charge in [0.05, 0.1) is 18.9 Å². The Morgan fingerprint density at radius 2 is 1.78 bits per heavy atom. The second-order valence-electron chi connectivity index (χ2n) is 8.06. The lowest BCUT2D eigenvalue weighted by Crippen LogP contribution is -2.24. The van der Waals surface area contributed by atoms with Gasteiger partial charge in [0.15, 0.2) is 11.0 Å². The van der Waals surface area contributed by atoms with Crippen LogP contribution >= 0.6 is 11.8 Å². The minimum absolute atomic E-state index is 0.0577. The summed E-state index contributed by atoms with van der Waals surface area (Å²) in [5.41, 5.74) is 2.80. The van der Waals surface area contributed by atoms with Gasteiger partial charge in [-0.25, -0.2) is 4.39 Å². The molecule has 0 saturated heterocycles. The molecule has 2 N–H and O–H groups in total. The molecule has 0 aliphatic rings. The Hall–Kier alpha value is -4.18. The first-order chi connectivity index (χ1) is 17.9. The van der Waals surface area contributed by atoms with Gasteiger partial charge in [0.25, 0.3) is 5.91 Å². The van der Waals surface area contributed by atoms with Crippen molar-refractivity contribution in [1.29, 1.82) is 0 Å². The van der Waals surface area contributed by atoms with Crippen molar-refractivity contribution in [3.63, 3.8) is 0 Å². The molecule has 0 atom stereocenters. The summed E-state index contributed by atoms with van der Waals surface area (Å²) in [4.78, 5) is 25.2. The molecule has 37 heavy (non-hydrogen) atoms. The fraction of sp³-hybridized carbons (Fsp3) is 0.185. The van der Waals surface area contributed by atoms with Crippen LogP contribution in [0.4, 0.5) is 10.1 Å². The van der Waals surface area contributed by atoms with E-state index in [2.05, 4.69) is 20.8 Å². The lowest BCUT2D eigenvalue weighted by atomic mass is 10.1. The molecule has 0 aliphatic heterocycles. The molecule has 0 saturated carbocycles. The highest BCUT2D eigenvalue weighted by molar-refractivity contribution is 7.99. The van der Waals surface area contributed by atoms with E-state index >= 15 is 0 Å². The van der Waals surface area contributed by atoms with E-state index in [1.165, 1.54) is 36.0 Å². The Kier molecular flexibility index (Phi) is 8.52. The second-order valence-corrected chi connectivity index (χ2v) is 9.00. The molecule has 3 aromatic carbocycles. The van der Waals surface area contributed by atoms with Gasteiger partial charge in [-0.3, -0.25) is 14.2 Å². The van der Waals surface area contributed by atoms with E-state index in [1.807, 2.05) is 56.3 Å². The topological polar surface area (TPSA) is 98.1 Å². The molecule has 4 aromatic rings. The van der Waals surface area contributed by atoms with E-state index in [4.69, 9.17) is 4.74 Å². The normalized spacial score (nSPS) is 10.7. The number of halogens is 1. The van der Waals surface area contributed by atoms with Crippen LogP contribution in [0, 0.1) is 12.7 Å². The van der Waals surface area contributed by atoms with E-state index in [0.717, 1.165) is 17.0 Å². The number of aryl methyl sites for hydroxylation is 1. The van der Waals surface area contributed by atoms with Crippen LogP contribution in [0.1, 0.15) is 28.7 Å². The molecule has 8 nitrogen and oxygen atoms in total. The molecule has 1 heterocycles. The predicted molar refractivity (Wildman–Crippen MR) is 141 cm³/mol. The molecular formula is C27H26FN5O3S. The summed E-state index contributed by atoms with van der Waals surface area (Å²) in [7, 11) is 0. The van der Waals surface area contributed by atoms with Crippen molar-refractivity contribution in [1.82, 2.24) is 20.1 Å². The maximum atomic E-state index is 13.1. The zero-order valence-electron chi connectivity index (χ0n) is 20.4. The van der Waals surface area contributed by atoms with Crippen LogP contribution in [0.15, 0.2) is 78.0 Å². The number of rotatable bonds is 10. The number of carbonyl (C=O) groups excluding carboxylic acids is 2. The third-order valence-corrected chi connectivity index (χ3v) is 6.18. The number of carbonyl (C=O) groups is 2. The monoisotopic (exact) mass is 519 g/mol. The molecule has 2 amide bonds. The highest BCUT2D eigenvalue weighted by Crippen LogP contribution is 2.24. The number of benzene rings is 3. The van der Waals surface area contributed by atoms with Gasteiger partial charge < -0.3 is 15.4 Å². The summed E-state index contributed by atoms with van der Waals surface area (Å²) in [6, 6.07) is 20.3. The SMILES string of the molecule is CCOc1ccc(-n2c(CNC(=O)c3cccc(C)c3)nnc2SCC(=O)Nc2ccc(F)cc2)cc1. The molecule has 0 spiro atoms. The number of thioether (sulfide) groups is 1. The Labute approximate surface area is 218 Å². The number of aromatic nitrogens is 3. The third kappa shape index (κ3) is 6.95. The van der Waals surface area contributed by atoms with E-state index in [0.29, 0.717) is 28.8 Å². The van der Waals surface area contributed by atoms with Gasteiger partial charge in [-0.15, -0.1) is 10.2 Å². The van der Waals surface area contributed by atoms with Gasteiger partial charge in [0, 0.05) is 16.9 Å². The van der Waals surface area contributed by atoms with Crippen molar-refractivity contribution >= 4 is 29.3 Å². The van der Waals surface area contributed by atoms with Crippen molar-refractivity contribution < 1.29 is 18.7 Å². The average molecular weight is 520 g/mol. The molecule has 0 fully saturated rings. The van der Waals surface area contributed by atoms with Gasteiger partial charge in [0.1, 0.15) is 11.6 Å². The molecule has 190 valence electrons. The minimum Gasteiger partial charge on any atom is -0.494 e. The van der Waals surface area contributed by atoms with E-state index < -0.39 is 0 Å². The maximum absolute atomic E-state index is 13.1. The quantitative estimate of drug-likeness (QED) is 0.293. The summed E-state index contributed by atoms with van der Waals surface area (Å²) in [6.07, 6.45) is 0. The van der Waals surface area contributed by atoms with Gasteiger partial charge in [-0.2, -0.15) is 0 Å². The summed E-state index contributed by atoms with van der Waals surface area (Å²) < 4.78 is 20.5. The predicted octanol–water partition coefficient (Wildman–Crippen LogP) is 4.77. The first kappa shape index (κ1) is 25.9. The van der Waals surface area contributed by atoms with Crippen molar-refractivity contribution in [2.75, 3.05) is 17.7 Å². The van der Waals surface area contributed by atoms with Gasteiger partial charge in [0.2, 0.25) is 5.91 Å². The van der Waals surface area contributed by atoms with Crippen molar-refractivity contribution in [3.8, 4) is 11.4 Å². The Balaban J connectivity index is 1.51. The molecule has 0 bridgehead atoms. The van der Waals surface area contributed by atoms with Crippen LogP contribution in [-0.2, 0) is 11.3 Å². The van der Waals surface area contributed by atoms with Crippen LogP contribution in [0.25, 0.3) is 5.69 Å². The maximum Gasteiger partial charge on any atom is 0.251 e. The Morgan fingerprint density at radius 1 is 1.03 bits per heavy atom. The number of amides is 2. The van der Waals surface area contributed by atoms with Crippen LogP contribution in [0.2, 0.25) is 0 Å². The number of ether oxygens (including phenoxy) is 1. The van der Waals surface area contributed by atoms with Crippen LogP contribution in [0.5, 0.6) is 5.75 Å². The fourth-order valence-corrected chi connectivity index (χ4v) is 4.30. The summed E-state index contributed by atoms with van der Waals surface area (Å²) in [5.74, 6) is 0.415. The smallest absolute Gasteiger partial charge is 0.251 e. The van der Waals surface area contributed by atoms with E-state index in [9.17, 15) is 14.0 Å². The highest BCUT2D eigenvalue weighted by Gasteiger charge is 2.17. The highest BCUT2D eigenvalue weighted by atomic mass is 32.2. The lowest BCUT2D eigenvalue weighted by molar-refractivity contribution is -0.113. The van der Waals surface area contributed by atoms with Crippen molar-refractivity contribution in [2.24, 2.45) is 0 Å². The van der Waals surface area contributed by atoms with Gasteiger partial charge in [-0.1, -0.05) is 29.5 Å². The first-order valence-corrected chi connectivity index (χ1v) is 12.6. The Morgan fingerprint density at radius 3 is 2.49 bits per heavy atom. The average Bonchev–Trinajstić information content (AvgIpc) is 3.31. The van der Waals surface area contributed by atoms with Gasteiger partial charge >= 0.3 is 0 Å². The summed E-state index contributed by atoms with van der Waals surface area (Å²) in [5, 5.41) is 14.7. The lowest BCUT2D eigenvalue weighted by Gasteiger charge is -2.12. The number of hydrogen-bond acceptors (Lipinski definition) is 6. The number of nitrogens with zero attached hydrogens (tertiary/aromatic N) is 3. The number of hydrogen-bond donors (Lipinski definition) is 2. The molecule has 4 rings (SSSR count). The molecule has 0 radical (unpaired) electrons. The van der Waals surface area contributed by atoms with E-state index in [1.54, 1.807) is 10.6 Å². The first-order valence-electron chi connectivity index (χ1n) is 11.6. The molecule has 10 heteroatoms. The summed E-state index contributed by atoms with van der Waals surface area (Å²) in [6.45, 7) is 4.52. The standard InChI is InChI=1S/C27H26FN5O3S/c1-3-36-23-13-11-22(12-14-23)33-24(16-29-26(35)19-6-4-5-18(2)15-19)31-32-27(33)37-17-25(34)30-21-9-7-20(28)8-10-21/h4-15H,3,16-17H2,1-2H3,(H,29,35)(H,30,34). The van der Waals surface area contributed by atoms with Crippen LogP contribution in [0.3, 0.4) is 0 Å². The molecule has 0 unspecified atom stereocenters. The molecule has 0 aliphatic carbocycles. The Bertz CT molecular complexity index is 1370. The summed E-state index contributed by atoms with van der Waals surface area (Å²) >= 11 is 1.20. The van der Waals surface area contributed by atoms with E-state index in [-0.39, 0.29) is 29.9 Å². The van der Waals surface area contributed by atoms with Gasteiger partial charge in [-0.05, 0) is 74.5 Å². The van der Waals surface area contributed by atoms with Crippen LogP contribution < -0.4 is 15.4 Å². The molecular weight excluding hydrogens is 493 g/mol. The largest absolute Gasteiger partial charge is 0.494 e. The molecule has 1 aromatic heterocycles. The van der Waals surface area contributed by atoms with Crippen molar-refractivity contribution in [3.05, 3.63) is 95.6 Å². The zero-order chi connectivity index (χ0) is 26.2. The third-order valence-electron chi connectivity index (χ3n) is 5.25. The second kappa shape index (κ2) is 12.2. The fourth-order valence-electron chi connectivity index (χ4n) is 3.53. The van der Waals surface area contributed by atoms with Crippen LogP contribution in [-0.4, -0.2) is 38.9 Å². The number of nitrogens with one attached hydrogen (secondary N) is 2. The number of anilines is 1. The zero-order valence-corrected chi connectivity index (χ0v) is 21.2. The minimum atomic E-state index is -0.377. The van der Waals surface area contributed by atoms with Crippen molar-refractivity contribution in [2.45, 2.75) is 25.5 Å².